The minimum atomic E-state index is -4.51. The Hall–Kier alpha value is -2.45. The average molecular weight is 415 g/mol. The van der Waals surface area contributed by atoms with E-state index in [1.165, 1.54) is 6.07 Å². The summed E-state index contributed by atoms with van der Waals surface area (Å²) in [5.74, 6) is -0.138. The molecule has 1 heterocycles. The molecular weight excluding hydrogens is 397 g/mol. The largest absolute Gasteiger partial charge is 0.484 e. The summed E-state index contributed by atoms with van der Waals surface area (Å²) >= 11 is 5.78. The van der Waals surface area contributed by atoms with Crippen molar-refractivity contribution in [1.29, 1.82) is 0 Å². The molecule has 2 aromatic rings. The summed E-state index contributed by atoms with van der Waals surface area (Å²) < 4.78 is 49.9. The Kier molecular flexibility index (Phi) is 6.31. The predicted molar refractivity (Wildman–Crippen MR) is 100 cm³/mol. The molecule has 1 aliphatic rings. The second kappa shape index (κ2) is 8.70. The number of benzene rings is 2. The van der Waals surface area contributed by atoms with Gasteiger partial charge < -0.3 is 19.7 Å². The first-order valence-corrected chi connectivity index (χ1v) is 8.93. The summed E-state index contributed by atoms with van der Waals surface area (Å²) in [6.07, 6.45) is -4.51. The molecule has 1 aliphatic heterocycles. The Morgan fingerprint density at radius 3 is 2.46 bits per heavy atom. The zero-order valence-electron chi connectivity index (χ0n) is 14.8. The number of nitrogens with zero attached hydrogens (tertiary/aromatic N) is 1. The van der Waals surface area contributed by atoms with E-state index in [0.29, 0.717) is 42.8 Å². The number of anilines is 2. The van der Waals surface area contributed by atoms with Crippen LogP contribution >= 0.6 is 11.6 Å². The monoisotopic (exact) mass is 414 g/mol. The maximum atomic E-state index is 13.1. The first-order chi connectivity index (χ1) is 13.3. The van der Waals surface area contributed by atoms with Crippen LogP contribution in [0.2, 0.25) is 5.02 Å². The molecule has 2 aromatic carbocycles. The second-order valence-corrected chi connectivity index (χ2v) is 6.56. The lowest BCUT2D eigenvalue weighted by Crippen LogP contribution is -2.37. The van der Waals surface area contributed by atoms with E-state index < -0.39 is 17.6 Å². The standard InChI is InChI=1S/C19H18ClF3N2O3/c20-14-2-4-15(5-3-14)28-12-18(26)24-16-11-13(19(21,22)23)1-6-17(16)25-7-9-27-10-8-25/h1-6,11H,7-10,12H2,(H,24,26). The summed E-state index contributed by atoms with van der Waals surface area (Å²) in [6, 6.07) is 9.72. The lowest BCUT2D eigenvalue weighted by Gasteiger charge is -2.31. The van der Waals surface area contributed by atoms with E-state index in [1.807, 2.05) is 4.90 Å². The molecule has 9 heteroatoms. The molecule has 5 nitrogen and oxygen atoms in total. The molecule has 0 saturated carbocycles. The first kappa shape index (κ1) is 20.3. The van der Waals surface area contributed by atoms with Gasteiger partial charge in [0.15, 0.2) is 6.61 Å². The minimum Gasteiger partial charge on any atom is -0.484 e. The molecule has 0 radical (unpaired) electrons. The molecule has 150 valence electrons. The van der Waals surface area contributed by atoms with Crippen molar-refractivity contribution in [2.24, 2.45) is 0 Å². The Morgan fingerprint density at radius 2 is 1.82 bits per heavy atom. The number of halogens is 4. The van der Waals surface area contributed by atoms with Crippen LogP contribution < -0.4 is 15.0 Å². The summed E-state index contributed by atoms with van der Waals surface area (Å²) in [5.41, 5.74) is -0.240. The van der Waals surface area contributed by atoms with Crippen molar-refractivity contribution in [3.8, 4) is 5.75 Å². The van der Waals surface area contributed by atoms with E-state index in [2.05, 4.69) is 5.32 Å². The molecule has 1 saturated heterocycles. The number of alkyl halides is 3. The van der Waals surface area contributed by atoms with E-state index in [4.69, 9.17) is 21.1 Å². The van der Waals surface area contributed by atoms with Crippen LogP contribution in [0.3, 0.4) is 0 Å². The van der Waals surface area contributed by atoms with Gasteiger partial charge >= 0.3 is 6.18 Å². The average Bonchev–Trinajstić information content (AvgIpc) is 2.67. The molecule has 1 amide bonds. The third-order valence-electron chi connectivity index (χ3n) is 4.13. The molecule has 0 bridgehead atoms. The number of amides is 1. The number of ether oxygens (including phenoxy) is 2. The highest BCUT2D eigenvalue weighted by Gasteiger charge is 2.32. The van der Waals surface area contributed by atoms with Gasteiger partial charge in [-0.1, -0.05) is 11.6 Å². The van der Waals surface area contributed by atoms with Crippen molar-refractivity contribution in [2.75, 3.05) is 43.1 Å². The van der Waals surface area contributed by atoms with E-state index in [1.54, 1.807) is 24.3 Å². The van der Waals surface area contributed by atoms with Gasteiger partial charge in [0.05, 0.1) is 30.2 Å². The number of nitrogens with one attached hydrogen (secondary N) is 1. The summed E-state index contributed by atoms with van der Waals surface area (Å²) in [6.45, 7) is 1.63. The smallest absolute Gasteiger partial charge is 0.416 e. The Balaban J connectivity index is 1.75. The van der Waals surface area contributed by atoms with Gasteiger partial charge in [-0.15, -0.1) is 0 Å². The maximum absolute atomic E-state index is 13.1. The van der Waals surface area contributed by atoms with Crippen LogP contribution in [0.4, 0.5) is 24.5 Å². The SMILES string of the molecule is O=C(COc1ccc(Cl)cc1)Nc1cc(C(F)(F)F)ccc1N1CCOCC1. The number of rotatable bonds is 5. The number of hydrogen-bond acceptors (Lipinski definition) is 4. The van der Waals surface area contributed by atoms with Crippen LogP contribution in [0.15, 0.2) is 42.5 Å². The van der Waals surface area contributed by atoms with Crippen LogP contribution in [0.1, 0.15) is 5.56 Å². The summed E-state index contributed by atoms with van der Waals surface area (Å²) in [4.78, 5) is 14.1. The van der Waals surface area contributed by atoms with Crippen molar-refractivity contribution in [1.82, 2.24) is 0 Å². The van der Waals surface area contributed by atoms with Gasteiger partial charge in [0.2, 0.25) is 0 Å². The highest BCUT2D eigenvalue weighted by molar-refractivity contribution is 6.30. The highest BCUT2D eigenvalue weighted by Crippen LogP contribution is 2.35. The van der Waals surface area contributed by atoms with Gasteiger partial charge in [-0.3, -0.25) is 4.79 Å². The van der Waals surface area contributed by atoms with Crippen molar-refractivity contribution in [2.45, 2.75) is 6.18 Å². The number of morpholine rings is 1. The van der Waals surface area contributed by atoms with Crippen LogP contribution in [0, 0.1) is 0 Å². The fourth-order valence-electron chi connectivity index (χ4n) is 2.76. The third-order valence-corrected chi connectivity index (χ3v) is 4.39. The van der Waals surface area contributed by atoms with E-state index in [9.17, 15) is 18.0 Å². The van der Waals surface area contributed by atoms with Crippen LogP contribution in [0.25, 0.3) is 0 Å². The molecule has 0 atom stereocenters. The zero-order valence-corrected chi connectivity index (χ0v) is 15.5. The lowest BCUT2D eigenvalue weighted by atomic mass is 10.1. The number of carbonyl (C=O) groups excluding carboxylic acids is 1. The second-order valence-electron chi connectivity index (χ2n) is 6.12. The van der Waals surface area contributed by atoms with Crippen molar-refractivity contribution < 1.29 is 27.4 Å². The van der Waals surface area contributed by atoms with Crippen LogP contribution in [-0.4, -0.2) is 38.8 Å². The Bertz CT molecular complexity index is 822. The molecule has 1 fully saturated rings. The van der Waals surface area contributed by atoms with Gasteiger partial charge in [0.25, 0.3) is 5.91 Å². The van der Waals surface area contributed by atoms with Gasteiger partial charge in [0, 0.05) is 18.1 Å². The number of hydrogen-bond donors (Lipinski definition) is 1. The quantitative estimate of drug-likeness (QED) is 0.796. The molecule has 0 spiro atoms. The first-order valence-electron chi connectivity index (χ1n) is 8.55. The van der Waals surface area contributed by atoms with Crippen LogP contribution in [0.5, 0.6) is 5.75 Å². The lowest BCUT2D eigenvalue weighted by molar-refractivity contribution is -0.137. The minimum absolute atomic E-state index is 0.0847. The van der Waals surface area contributed by atoms with Crippen molar-refractivity contribution in [3.05, 3.63) is 53.1 Å². The molecular formula is C19H18ClF3N2O3. The Morgan fingerprint density at radius 1 is 1.14 bits per heavy atom. The maximum Gasteiger partial charge on any atom is 0.416 e. The third kappa shape index (κ3) is 5.30. The fraction of sp³-hybridized carbons (Fsp3) is 0.316. The number of carbonyl (C=O) groups is 1. The van der Waals surface area contributed by atoms with Gasteiger partial charge in [-0.25, -0.2) is 0 Å². The molecule has 1 N–H and O–H groups in total. The van der Waals surface area contributed by atoms with Crippen molar-refractivity contribution >= 4 is 28.9 Å². The predicted octanol–water partition coefficient (Wildman–Crippen LogP) is 4.21. The molecule has 28 heavy (non-hydrogen) atoms. The molecule has 0 aliphatic carbocycles. The van der Waals surface area contributed by atoms with E-state index in [0.717, 1.165) is 12.1 Å². The zero-order chi connectivity index (χ0) is 20.1. The fourth-order valence-corrected chi connectivity index (χ4v) is 2.88. The van der Waals surface area contributed by atoms with Gasteiger partial charge in [-0.05, 0) is 42.5 Å². The molecule has 0 aromatic heterocycles. The topological polar surface area (TPSA) is 50.8 Å². The van der Waals surface area contributed by atoms with Crippen LogP contribution in [-0.2, 0) is 15.7 Å². The van der Waals surface area contributed by atoms with Gasteiger partial charge in [0.1, 0.15) is 5.75 Å². The summed E-state index contributed by atoms with van der Waals surface area (Å²) in [5, 5.41) is 3.05. The Labute approximate surface area is 165 Å². The molecule has 0 unspecified atom stereocenters. The normalized spacial score (nSPS) is 14.6. The van der Waals surface area contributed by atoms with E-state index >= 15 is 0 Å². The van der Waals surface area contributed by atoms with Gasteiger partial charge in [-0.2, -0.15) is 13.2 Å². The van der Waals surface area contributed by atoms with Crippen molar-refractivity contribution in [3.63, 3.8) is 0 Å². The highest BCUT2D eigenvalue weighted by atomic mass is 35.5. The summed E-state index contributed by atoms with van der Waals surface area (Å²) in [7, 11) is 0. The van der Waals surface area contributed by atoms with E-state index in [-0.39, 0.29) is 12.3 Å². The molecule has 3 rings (SSSR count).